The Bertz CT molecular complexity index is 639. The Hall–Kier alpha value is -1.59. The van der Waals surface area contributed by atoms with Crippen molar-refractivity contribution >= 4 is 28.9 Å². The van der Waals surface area contributed by atoms with Crippen molar-refractivity contribution in [2.24, 2.45) is 4.99 Å². The van der Waals surface area contributed by atoms with Crippen molar-refractivity contribution in [1.29, 1.82) is 0 Å². The van der Waals surface area contributed by atoms with Crippen LogP contribution in [0.1, 0.15) is 28.4 Å². The van der Waals surface area contributed by atoms with Crippen LogP contribution in [-0.2, 0) is 6.42 Å². The number of aromatic nitrogens is 1. The zero-order chi connectivity index (χ0) is 15.9. The minimum absolute atomic E-state index is 0.131. The fraction of sp³-hybridized carbons (Fsp3) is 0.375. The molecular formula is C16H21ClN4S. The van der Waals surface area contributed by atoms with Gasteiger partial charge in [0.1, 0.15) is 0 Å². The molecule has 0 saturated carbocycles. The fourth-order valence-corrected chi connectivity index (χ4v) is 3.05. The van der Waals surface area contributed by atoms with E-state index in [1.807, 2.05) is 24.4 Å². The normalized spacial score (nSPS) is 13.0. The first-order valence-electron chi connectivity index (χ1n) is 7.22. The van der Waals surface area contributed by atoms with E-state index in [1.54, 1.807) is 18.4 Å². The van der Waals surface area contributed by atoms with Crippen molar-refractivity contribution in [3.63, 3.8) is 0 Å². The number of aryl methyl sites for hydroxylation is 1. The second-order valence-electron chi connectivity index (χ2n) is 5.03. The predicted molar refractivity (Wildman–Crippen MR) is 94.9 cm³/mol. The third kappa shape index (κ3) is 5.00. The first-order valence-corrected chi connectivity index (χ1v) is 8.42. The summed E-state index contributed by atoms with van der Waals surface area (Å²) < 4.78 is 0. The number of halogens is 1. The van der Waals surface area contributed by atoms with Gasteiger partial charge in [0.05, 0.1) is 11.0 Å². The number of hydrogen-bond acceptors (Lipinski definition) is 3. The molecule has 2 aromatic rings. The Morgan fingerprint density at radius 3 is 2.91 bits per heavy atom. The Morgan fingerprint density at radius 2 is 2.27 bits per heavy atom. The summed E-state index contributed by atoms with van der Waals surface area (Å²) in [4.78, 5) is 9.86. The molecule has 0 fully saturated rings. The molecule has 0 bridgehead atoms. The molecule has 0 aliphatic rings. The van der Waals surface area contributed by atoms with Crippen molar-refractivity contribution in [3.05, 3.63) is 50.9 Å². The third-order valence-electron chi connectivity index (χ3n) is 3.23. The van der Waals surface area contributed by atoms with Gasteiger partial charge in [0, 0.05) is 36.1 Å². The van der Waals surface area contributed by atoms with Gasteiger partial charge in [0.2, 0.25) is 0 Å². The maximum absolute atomic E-state index is 6.03. The summed E-state index contributed by atoms with van der Waals surface area (Å²) in [6.45, 7) is 4.96. The van der Waals surface area contributed by atoms with Crippen LogP contribution in [0.2, 0.25) is 5.02 Å². The van der Waals surface area contributed by atoms with Crippen LogP contribution in [0.4, 0.5) is 0 Å². The molecule has 0 aliphatic heterocycles. The van der Waals surface area contributed by atoms with E-state index in [4.69, 9.17) is 11.6 Å². The summed E-state index contributed by atoms with van der Waals surface area (Å²) in [7, 11) is 1.77. The number of aliphatic imine (C=N–C) groups is 1. The molecule has 1 atom stereocenters. The first-order chi connectivity index (χ1) is 10.6. The van der Waals surface area contributed by atoms with Crippen molar-refractivity contribution < 1.29 is 0 Å². The second-order valence-corrected chi connectivity index (χ2v) is 6.79. The summed E-state index contributed by atoms with van der Waals surface area (Å²) in [5.41, 5.74) is 1.13. The monoisotopic (exact) mass is 336 g/mol. The summed E-state index contributed by atoms with van der Waals surface area (Å²) in [6, 6.07) is 7.98. The molecule has 1 aromatic carbocycles. The Balaban J connectivity index is 1.84. The number of hydrogen-bond donors (Lipinski definition) is 2. The quantitative estimate of drug-likeness (QED) is 0.648. The van der Waals surface area contributed by atoms with Crippen molar-refractivity contribution in [3.8, 4) is 0 Å². The Labute approximate surface area is 140 Å². The standard InChI is InChI=1S/C16H21ClN4S/c1-11-10-20-15(22-11)7-8-19-16(18-3)21-12(2)13-5-4-6-14(17)9-13/h4-6,9-10,12H,7-8H2,1-3H3,(H2,18,19,21). The van der Waals surface area contributed by atoms with Crippen LogP contribution in [0, 0.1) is 6.92 Å². The van der Waals surface area contributed by atoms with Crippen LogP contribution in [-0.4, -0.2) is 24.5 Å². The zero-order valence-corrected chi connectivity index (χ0v) is 14.6. The van der Waals surface area contributed by atoms with Gasteiger partial charge in [-0.2, -0.15) is 0 Å². The largest absolute Gasteiger partial charge is 0.356 e. The number of guanidine groups is 1. The average Bonchev–Trinajstić information content (AvgIpc) is 2.91. The summed E-state index contributed by atoms with van der Waals surface area (Å²) >= 11 is 7.77. The van der Waals surface area contributed by atoms with Gasteiger partial charge in [0.25, 0.3) is 0 Å². The molecular weight excluding hydrogens is 316 g/mol. The van der Waals surface area contributed by atoms with Gasteiger partial charge in [-0.3, -0.25) is 4.99 Å². The van der Waals surface area contributed by atoms with Crippen LogP contribution in [0.15, 0.2) is 35.5 Å². The highest BCUT2D eigenvalue weighted by Gasteiger charge is 2.08. The van der Waals surface area contributed by atoms with Gasteiger partial charge < -0.3 is 10.6 Å². The number of nitrogens with one attached hydrogen (secondary N) is 2. The Kier molecular flexibility index (Phi) is 6.21. The molecule has 118 valence electrons. The number of thiazole rings is 1. The van der Waals surface area contributed by atoms with Crippen LogP contribution < -0.4 is 10.6 Å². The highest BCUT2D eigenvalue weighted by molar-refractivity contribution is 7.11. The van der Waals surface area contributed by atoms with E-state index >= 15 is 0 Å². The molecule has 1 heterocycles. The SMILES string of the molecule is CN=C(NCCc1ncc(C)s1)NC(C)c1cccc(Cl)c1. The summed E-state index contributed by atoms with van der Waals surface area (Å²) in [5.74, 6) is 0.778. The van der Waals surface area contributed by atoms with Gasteiger partial charge in [-0.1, -0.05) is 23.7 Å². The summed E-state index contributed by atoms with van der Waals surface area (Å²) in [6.07, 6.45) is 2.80. The molecule has 2 N–H and O–H groups in total. The van der Waals surface area contributed by atoms with E-state index in [0.29, 0.717) is 0 Å². The molecule has 6 heteroatoms. The lowest BCUT2D eigenvalue weighted by molar-refractivity contribution is 0.684. The molecule has 1 unspecified atom stereocenters. The van der Waals surface area contributed by atoms with E-state index in [0.717, 1.165) is 34.5 Å². The number of benzene rings is 1. The van der Waals surface area contributed by atoms with Crippen LogP contribution in [0.5, 0.6) is 0 Å². The molecule has 0 aliphatic carbocycles. The molecule has 1 aromatic heterocycles. The van der Waals surface area contributed by atoms with E-state index in [9.17, 15) is 0 Å². The maximum atomic E-state index is 6.03. The smallest absolute Gasteiger partial charge is 0.191 e. The zero-order valence-electron chi connectivity index (χ0n) is 13.1. The van der Waals surface area contributed by atoms with E-state index in [1.165, 1.54) is 4.88 Å². The van der Waals surface area contributed by atoms with Crippen molar-refractivity contribution in [2.75, 3.05) is 13.6 Å². The Morgan fingerprint density at radius 1 is 1.45 bits per heavy atom. The highest BCUT2D eigenvalue weighted by Crippen LogP contribution is 2.17. The maximum Gasteiger partial charge on any atom is 0.191 e. The summed E-state index contributed by atoms with van der Waals surface area (Å²) in [5, 5.41) is 8.57. The second kappa shape index (κ2) is 8.15. The molecule has 2 rings (SSSR count). The van der Waals surface area contributed by atoms with Crippen LogP contribution >= 0.6 is 22.9 Å². The van der Waals surface area contributed by atoms with E-state index in [2.05, 4.69) is 40.5 Å². The molecule has 22 heavy (non-hydrogen) atoms. The van der Waals surface area contributed by atoms with Crippen molar-refractivity contribution in [2.45, 2.75) is 26.3 Å². The van der Waals surface area contributed by atoms with Crippen LogP contribution in [0.3, 0.4) is 0 Å². The lowest BCUT2D eigenvalue weighted by atomic mass is 10.1. The lowest BCUT2D eigenvalue weighted by Gasteiger charge is -2.18. The highest BCUT2D eigenvalue weighted by atomic mass is 35.5. The molecule has 0 saturated heterocycles. The van der Waals surface area contributed by atoms with Gasteiger partial charge >= 0.3 is 0 Å². The number of nitrogens with zero attached hydrogens (tertiary/aromatic N) is 2. The predicted octanol–water partition coefficient (Wildman–Crippen LogP) is 3.57. The molecule has 0 spiro atoms. The minimum atomic E-state index is 0.131. The molecule has 0 amide bonds. The lowest BCUT2D eigenvalue weighted by Crippen LogP contribution is -2.39. The fourth-order valence-electron chi connectivity index (χ4n) is 2.06. The van der Waals surface area contributed by atoms with Crippen molar-refractivity contribution in [1.82, 2.24) is 15.6 Å². The molecule has 0 radical (unpaired) electrons. The topological polar surface area (TPSA) is 49.3 Å². The van der Waals surface area contributed by atoms with Gasteiger partial charge in [0.15, 0.2) is 5.96 Å². The van der Waals surface area contributed by atoms with Crippen LogP contribution in [0.25, 0.3) is 0 Å². The third-order valence-corrected chi connectivity index (χ3v) is 4.43. The minimum Gasteiger partial charge on any atom is -0.356 e. The average molecular weight is 337 g/mol. The van der Waals surface area contributed by atoms with E-state index < -0.39 is 0 Å². The van der Waals surface area contributed by atoms with Gasteiger partial charge in [-0.05, 0) is 31.5 Å². The van der Waals surface area contributed by atoms with Gasteiger partial charge in [-0.15, -0.1) is 11.3 Å². The number of rotatable bonds is 5. The molecule has 4 nitrogen and oxygen atoms in total. The first kappa shape index (κ1) is 16.8. The van der Waals surface area contributed by atoms with Gasteiger partial charge in [-0.25, -0.2) is 4.98 Å². The van der Waals surface area contributed by atoms with E-state index in [-0.39, 0.29) is 6.04 Å².